The Bertz CT molecular complexity index is 890. The molecule has 1 N–H and O–H groups in total. The summed E-state index contributed by atoms with van der Waals surface area (Å²) in [5.74, 6) is -0.537. The summed E-state index contributed by atoms with van der Waals surface area (Å²) in [5, 5.41) is 10.6. The van der Waals surface area contributed by atoms with Gasteiger partial charge in [0.15, 0.2) is 0 Å². The van der Waals surface area contributed by atoms with Crippen molar-refractivity contribution in [1.82, 2.24) is 4.90 Å². The Morgan fingerprint density at radius 1 is 1.18 bits per heavy atom. The molecule has 0 radical (unpaired) electrons. The summed E-state index contributed by atoms with van der Waals surface area (Å²) in [6, 6.07) is 10.8. The summed E-state index contributed by atoms with van der Waals surface area (Å²) < 4.78 is 20.2. The van der Waals surface area contributed by atoms with Crippen LogP contribution >= 0.6 is 23.2 Å². The maximum absolute atomic E-state index is 14.3. The van der Waals surface area contributed by atoms with Crippen LogP contribution in [0.25, 0.3) is 0 Å². The predicted octanol–water partition coefficient (Wildman–Crippen LogP) is 4.54. The molecule has 28 heavy (non-hydrogen) atoms. The average Bonchev–Trinajstić information content (AvgIpc) is 3.51. The van der Waals surface area contributed by atoms with Crippen LogP contribution in [-0.2, 0) is 9.53 Å². The van der Waals surface area contributed by atoms with Crippen molar-refractivity contribution in [1.29, 1.82) is 0 Å². The largest absolute Gasteiger partial charge is 0.394 e. The number of benzene rings is 2. The molecule has 3 atom stereocenters. The molecule has 4 rings (SSSR count). The Morgan fingerprint density at radius 2 is 1.96 bits per heavy atom. The smallest absolute Gasteiger partial charge is 0.249 e. The number of amides is 1. The van der Waals surface area contributed by atoms with E-state index in [1.807, 2.05) is 12.1 Å². The summed E-state index contributed by atoms with van der Waals surface area (Å²) in [7, 11) is 0. The first-order valence-electron chi connectivity index (χ1n) is 9.23. The first kappa shape index (κ1) is 19.6. The molecule has 1 saturated carbocycles. The highest BCUT2D eigenvalue weighted by atomic mass is 35.5. The van der Waals surface area contributed by atoms with E-state index in [9.17, 15) is 14.3 Å². The zero-order valence-corrected chi connectivity index (χ0v) is 16.5. The van der Waals surface area contributed by atoms with Crippen molar-refractivity contribution in [2.75, 3.05) is 13.2 Å². The molecule has 1 amide bonds. The van der Waals surface area contributed by atoms with Gasteiger partial charge in [0.2, 0.25) is 5.91 Å². The molecule has 1 aliphatic carbocycles. The third-order valence-corrected chi connectivity index (χ3v) is 5.98. The van der Waals surface area contributed by atoms with E-state index in [0.717, 1.165) is 18.4 Å². The number of aliphatic hydroxyl groups is 1. The van der Waals surface area contributed by atoms with Crippen LogP contribution in [0, 0.1) is 11.7 Å². The molecule has 148 valence electrons. The van der Waals surface area contributed by atoms with Gasteiger partial charge in [-0.15, -0.1) is 0 Å². The van der Waals surface area contributed by atoms with Crippen LogP contribution in [-0.4, -0.2) is 35.2 Å². The molecule has 1 aliphatic heterocycles. The molecule has 2 aromatic rings. The molecule has 2 aliphatic rings. The highest BCUT2D eigenvalue weighted by molar-refractivity contribution is 6.31. The lowest BCUT2D eigenvalue weighted by atomic mass is 9.90. The normalized spacial score (nSPS) is 23.7. The molecular weight excluding hydrogens is 404 g/mol. The Morgan fingerprint density at radius 3 is 2.61 bits per heavy atom. The Hall–Kier alpha value is -1.66. The van der Waals surface area contributed by atoms with Gasteiger partial charge in [0.1, 0.15) is 18.5 Å². The highest BCUT2D eigenvalue weighted by Crippen LogP contribution is 2.46. The number of halogens is 3. The van der Waals surface area contributed by atoms with Crippen LogP contribution in [0.5, 0.6) is 0 Å². The summed E-state index contributed by atoms with van der Waals surface area (Å²) in [5.41, 5.74) is 1.36. The lowest BCUT2D eigenvalue weighted by Gasteiger charge is -2.45. The maximum Gasteiger partial charge on any atom is 0.249 e. The molecule has 3 unspecified atom stereocenters. The van der Waals surface area contributed by atoms with Gasteiger partial charge in [-0.25, -0.2) is 4.39 Å². The van der Waals surface area contributed by atoms with Crippen molar-refractivity contribution in [2.45, 2.75) is 31.0 Å². The van der Waals surface area contributed by atoms with Crippen LogP contribution in [0.3, 0.4) is 0 Å². The number of hydrogen-bond donors (Lipinski definition) is 1. The molecule has 7 heteroatoms. The summed E-state index contributed by atoms with van der Waals surface area (Å²) >= 11 is 12.0. The predicted molar refractivity (Wildman–Crippen MR) is 105 cm³/mol. The second-order valence-electron chi connectivity index (χ2n) is 7.29. The lowest BCUT2D eigenvalue weighted by Crippen LogP contribution is -2.52. The minimum absolute atomic E-state index is 0.0126. The molecular formula is C21H20Cl2FNO3. The minimum atomic E-state index is -0.593. The zero-order valence-electron chi connectivity index (χ0n) is 15.0. The summed E-state index contributed by atoms with van der Waals surface area (Å²) in [4.78, 5) is 14.5. The number of morpholine rings is 1. The van der Waals surface area contributed by atoms with Gasteiger partial charge in [0, 0.05) is 5.02 Å². The van der Waals surface area contributed by atoms with Gasteiger partial charge < -0.3 is 14.7 Å². The third kappa shape index (κ3) is 3.77. The van der Waals surface area contributed by atoms with Crippen molar-refractivity contribution < 1.29 is 19.0 Å². The number of hydrogen-bond acceptors (Lipinski definition) is 3. The number of carbonyl (C=O) groups is 1. The van der Waals surface area contributed by atoms with Crippen molar-refractivity contribution in [3.05, 3.63) is 69.5 Å². The third-order valence-electron chi connectivity index (χ3n) is 5.43. The van der Waals surface area contributed by atoms with Crippen LogP contribution in [0.2, 0.25) is 10.0 Å². The SMILES string of the molecule is O=C1COC(c2cccc(Cl)c2)C(c2ccc(Cl)c(F)c2)N1C(CO)C1CC1. The van der Waals surface area contributed by atoms with E-state index in [4.69, 9.17) is 27.9 Å². The van der Waals surface area contributed by atoms with E-state index in [1.54, 1.807) is 23.1 Å². The van der Waals surface area contributed by atoms with E-state index >= 15 is 0 Å². The highest BCUT2D eigenvalue weighted by Gasteiger charge is 2.46. The number of nitrogens with zero attached hydrogens (tertiary/aromatic N) is 1. The molecule has 1 saturated heterocycles. The molecule has 4 nitrogen and oxygen atoms in total. The van der Waals surface area contributed by atoms with E-state index in [0.29, 0.717) is 10.6 Å². The quantitative estimate of drug-likeness (QED) is 0.767. The molecule has 1 heterocycles. The van der Waals surface area contributed by atoms with Gasteiger partial charge in [0.25, 0.3) is 0 Å². The van der Waals surface area contributed by atoms with Crippen molar-refractivity contribution >= 4 is 29.1 Å². The van der Waals surface area contributed by atoms with Gasteiger partial charge in [-0.3, -0.25) is 4.79 Å². The van der Waals surface area contributed by atoms with Crippen molar-refractivity contribution in [3.63, 3.8) is 0 Å². The van der Waals surface area contributed by atoms with Crippen LogP contribution in [0.4, 0.5) is 4.39 Å². The molecule has 0 spiro atoms. The van der Waals surface area contributed by atoms with E-state index < -0.39 is 18.0 Å². The number of rotatable bonds is 5. The lowest BCUT2D eigenvalue weighted by molar-refractivity contribution is -0.165. The van der Waals surface area contributed by atoms with E-state index in [-0.39, 0.29) is 36.1 Å². The molecule has 2 fully saturated rings. The van der Waals surface area contributed by atoms with E-state index in [1.165, 1.54) is 12.1 Å². The molecule has 2 aromatic carbocycles. The zero-order chi connectivity index (χ0) is 19.8. The van der Waals surface area contributed by atoms with Gasteiger partial charge in [-0.2, -0.15) is 0 Å². The fourth-order valence-electron chi connectivity index (χ4n) is 3.96. The Kier molecular flexibility index (Phi) is 5.61. The van der Waals surface area contributed by atoms with Gasteiger partial charge in [-0.1, -0.05) is 41.4 Å². The van der Waals surface area contributed by atoms with Crippen LogP contribution in [0.15, 0.2) is 42.5 Å². The van der Waals surface area contributed by atoms with Crippen molar-refractivity contribution in [2.24, 2.45) is 5.92 Å². The Balaban J connectivity index is 1.82. The van der Waals surface area contributed by atoms with Gasteiger partial charge in [-0.05, 0) is 54.2 Å². The van der Waals surface area contributed by atoms with Crippen LogP contribution < -0.4 is 0 Å². The van der Waals surface area contributed by atoms with Crippen LogP contribution in [0.1, 0.15) is 36.1 Å². The first-order valence-corrected chi connectivity index (χ1v) is 9.99. The second kappa shape index (κ2) is 7.99. The maximum atomic E-state index is 14.3. The van der Waals surface area contributed by atoms with Gasteiger partial charge >= 0.3 is 0 Å². The minimum Gasteiger partial charge on any atom is -0.394 e. The van der Waals surface area contributed by atoms with E-state index in [2.05, 4.69) is 0 Å². The summed E-state index contributed by atoms with van der Waals surface area (Å²) in [6.45, 7) is -0.252. The standard InChI is InChI=1S/C21H20Cl2FNO3/c22-15-3-1-2-14(8-15)21-20(13-6-7-16(23)17(24)9-13)25(19(27)11-28-21)18(10-26)12-4-5-12/h1-3,6-9,12,18,20-21,26H,4-5,10-11H2. The van der Waals surface area contributed by atoms with Crippen molar-refractivity contribution in [3.8, 4) is 0 Å². The first-order chi connectivity index (χ1) is 13.5. The Labute approximate surface area is 172 Å². The fraction of sp³-hybridized carbons (Fsp3) is 0.381. The average molecular weight is 424 g/mol. The number of aliphatic hydroxyl groups excluding tert-OH is 1. The fourth-order valence-corrected chi connectivity index (χ4v) is 4.27. The second-order valence-corrected chi connectivity index (χ2v) is 8.14. The topological polar surface area (TPSA) is 49.8 Å². The number of ether oxygens (including phenoxy) is 1. The van der Waals surface area contributed by atoms with Gasteiger partial charge in [0.05, 0.1) is 23.7 Å². The monoisotopic (exact) mass is 423 g/mol. The molecule has 0 bridgehead atoms. The number of carbonyl (C=O) groups excluding carboxylic acids is 1. The molecule has 0 aromatic heterocycles. The summed E-state index contributed by atoms with van der Waals surface area (Å²) in [6.07, 6.45) is 1.38.